The fourth-order valence-electron chi connectivity index (χ4n) is 3.65. The third-order valence-electron chi connectivity index (χ3n) is 5.16. The number of methoxy groups -OCH3 is 2. The molecule has 0 saturated carbocycles. The number of carbonyl (C=O) groups excluding carboxylic acids is 2. The molecule has 0 spiro atoms. The summed E-state index contributed by atoms with van der Waals surface area (Å²) in [6.45, 7) is 1.68. The lowest BCUT2D eigenvalue weighted by Crippen LogP contribution is -2.30. The molecule has 1 amide bonds. The minimum atomic E-state index is -1.02. The summed E-state index contributed by atoms with van der Waals surface area (Å²) in [6.07, 6.45) is 0. The monoisotopic (exact) mass is 498 g/mol. The van der Waals surface area contributed by atoms with Crippen molar-refractivity contribution in [3.05, 3.63) is 75.5 Å². The van der Waals surface area contributed by atoms with Crippen LogP contribution in [0.5, 0.6) is 11.5 Å². The smallest absolute Gasteiger partial charge is 0.301 e. The number of aromatic nitrogens is 1. The summed E-state index contributed by atoms with van der Waals surface area (Å²) in [4.78, 5) is 27.5. The number of halogens is 1. The van der Waals surface area contributed by atoms with Crippen LogP contribution in [0.3, 0.4) is 0 Å². The minimum Gasteiger partial charge on any atom is -0.507 e. The maximum absolute atomic E-state index is 13.2. The number of aryl methyl sites for hydroxylation is 1. The fraction of sp³-hybridized carbons (Fsp3) is 0.174. The molecule has 1 atom stereocenters. The summed E-state index contributed by atoms with van der Waals surface area (Å²) >= 11 is 3.35. The van der Waals surface area contributed by atoms with Gasteiger partial charge in [0.2, 0.25) is 0 Å². The molecule has 164 valence electrons. The van der Waals surface area contributed by atoms with E-state index < -0.39 is 17.7 Å². The van der Waals surface area contributed by atoms with E-state index in [2.05, 4.69) is 21.1 Å². The number of hydrogen-bond acceptors (Lipinski definition) is 7. The highest BCUT2D eigenvalue weighted by Gasteiger charge is 2.49. The van der Waals surface area contributed by atoms with Crippen LogP contribution in [0.15, 0.2) is 63.1 Å². The van der Waals surface area contributed by atoms with Crippen LogP contribution in [0.1, 0.15) is 22.9 Å². The van der Waals surface area contributed by atoms with Crippen LogP contribution in [0.25, 0.3) is 5.76 Å². The number of ketones is 1. The zero-order valence-corrected chi connectivity index (χ0v) is 19.0. The summed E-state index contributed by atoms with van der Waals surface area (Å²) in [7, 11) is 2.98. The van der Waals surface area contributed by atoms with Gasteiger partial charge in [-0.1, -0.05) is 33.2 Å². The van der Waals surface area contributed by atoms with Gasteiger partial charge in [0.15, 0.2) is 5.82 Å². The summed E-state index contributed by atoms with van der Waals surface area (Å²) in [6, 6.07) is 12.3. The van der Waals surface area contributed by atoms with E-state index in [1.54, 1.807) is 55.5 Å². The number of benzene rings is 2. The Kier molecular flexibility index (Phi) is 5.75. The zero-order chi connectivity index (χ0) is 23.0. The Balaban J connectivity index is 2.00. The molecule has 8 nitrogen and oxygen atoms in total. The number of anilines is 1. The van der Waals surface area contributed by atoms with Gasteiger partial charge in [0.05, 0.1) is 19.8 Å². The SMILES string of the molecule is COc1ccc(OC)c(C2C(=C(O)c3ccc(Br)cc3)C(=O)C(=O)N2c2cc(C)on2)c1. The van der Waals surface area contributed by atoms with E-state index in [1.165, 1.54) is 19.1 Å². The third-order valence-corrected chi connectivity index (χ3v) is 5.68. The van der Waals surface area contributed by atoms with E-state index in [0.29, 0.717) is 28.4 Å². The first kappa shape index (κ1) is 21.6. The molecule has 1 aliphatic rings. The highest BCUT2D eigenvalue weighted by atomic mass is 79.9. The van der Waals surface area contributed by atoms with E-state index >= 15 is 0 Å². The maximum atomic E-state index is 13.2. The van der Waals surface area contributed by atoms with E-state index in [9.17, 15) is 14.7 Å². The van der Waals surface area contributed by atoms with E-state index in [0.717, 1.165) is 4.47 Å². The van der Waals surface area contributed by atoms with Crippen molar-refractivity contribution in [1.82, 2.24) is 5.16 Å². The number of Topliss-reactive ketones (excluding diaryl/α,β-unsaturated/α-hetero) is 1. The third kappa shape index (κ3) is 3.64. The number of nitrogens with zero attached hydrogens (tertiary/aromatic N) is 2. The quantitative estimate of drug-likeness (QED) is 0.316. The molecule has 1 aliphatic heterocycles. The van der Waals surface area contributed by atoms with Gasteiger partial charge in [0, 0.05) is 21.7 Å². The van der Waals surface area contributed by atoms with Gasteiger partial charge in [0.25, 0.3) is 5.78 Å². The Morgan fingerprint density at radius 2 is 1.81 bits per heavy atom. The van der Waals surface area contributed by atoms with Gasteiger partial charge in [0.1, 0.15) is 29.1 Å². The number of hydrogen-bond donors (Lipinski definition) is 1. The number of amides is 1. The summed E-state index contributed by atoms with van der Waals surface area (Å²) in [5, 5.41) is 15.1. The molecule has 1 unspecified atom stereocenters. The van der Waals surface area contributed by atoms with Gasteiger partial charge in [-0.2, -0.15) is 0 Å². The van der Waals surface area contributed by atoms with Gasteiger partial charge in [-0.25, -0.2) is 0 Å². The lowest BCUT2D eigenvalue weighted by molar-refractivity contribution is -0.132. The largest absolute Gasteiger partial charge is 0.507 e. The van der Waals surface area contributed by atoms with E-state index in [4.69, 9.17) is 14.0 Å². The van der Waals surface area contributed by atoms with Gasteiger partial charge in [-0.15, -0.1) is 0 Å². The standard InChI is InChI=1S/C23H19BrN2O6/c1-12-10-18(25-32-12)26-20(16-11-15(30-2)8-9-17(16)31-3)19(22(28)23(26)29)21(27)13-4-6-14(24)7-5-13/h4-11,20,27H,1-3H3. The summed E-state index contributed by atoms with van der Waals surface area (Å²) < 4.78 is 16.8. The van der Waals surface area contributed by atoms with Crippen LogP contribution >= 0.6 is 15.9 Å². The van der Waals surface area contributed by atoms with Crippen LogP contribution in [0.4, 0.5) is 5.82 Å². The first-order valence-electron chi connectivity index (χ1n) is 9.58. The number of rotatable bonds is 5. The fourth-order valence-corrected chi connectivity index (χ4v) is 3.91. The van der Waals surface area contributed by atoms with Crippen molar-refractivity contribution in [3.63, 3.8) is 0 Å². The number of ether oxygens (including phenoxy) is 2. The summed E-state index contributed by atoms with van der Waals surface area (Å²) in [5.74, 6) is -0.488. The molecule has 1 aromatic heterocycles. The first-order valence-corrected chi connectivity index (χ1v) is 10.4. The second-order valence-electron chi connectivity index (χ2n) is 7.08. The minimum absolute atomic E-state index is 0.0930. The maximum Gasteiger partial charge on any atom is 0.301 e. The molecule has 1 fully saturated rings. The van der Waals surface area contributed by atoms with Crippen LogP contribution < -0.4 is 14.4 Å². The Labute approximate surface area is 192 Å². The van der Waals surface area contributed by atoms with Crippen molar-refractivity contribution in [1.29, 1.82) is 0 Å². The highest BCUT2D eigenvalue weighted by Crippen LogP contribution is 2.45. The lowest BCUT2D eigenvalue weighted by atomic mass is 9.94. The van der Waals surface area contributed by atoms with Crippen molar-refractivity contribution in [2.45, 2.75) is 13.0 Å². The molecule has 4 rings (SSSR count). The molecule has 0 bridgehead atoms. The van der Waals surface area contributed by atoms with Gasteiger partial charge < -0.3 is 19.1 Å². The molecule has 32 heavy (non-hydrogen) atoms. The van der Waals surface area contributed by atoms with Gasteiger partial charge in [-0.3, -0.25) is 14.5 Å². The van der Waals surface area contributed by atoms with Crippen molar-refractivity contribution < 1.29 is 28.7 Å². The van der Waals surface area contributed by atoms with Gasteiger partial charge >= 0.3 is 5.91 Å². The van der Waals surface area contributed by atoms with Crippen LogP contribution in [-0.4, -0.2) is 36.2 Å². The van der Waals surface area contributed by atoms with E-state index in [1.807, 2.05) is 0 Å². The molecule has 3 aromatic rings. The molecular formula is C23H19BrN2O6. The van der Waals surface area contributed by atoms with Crippen molar-refractivity contribution in [2.75, 3.05) is 19.1 Å². The lowest BCUT2D eigenvalue weighted by Gasteiger charge is -2.24. The Bertz CT molecular complexity index is 1230. The Morgan fingerprint density at radius 1 is 1.09 bits per heavy atom. The second kappa shape index (κ2) is 8.51. The average molecular weight is 499 g/mol. The second-order valence-corrected chi connectivity index (χ2v) is 8.00. The van der Waals surface area contributed by atoms with Crippen LogP contribution in [-0.2, 0) is 9.59 Å². The average Bonchev–Trinajstić information content (AvgIpc) is 3.33. The number of aliphatic hydroxyl groups excluding tert-OH is 1. The number of carbonyl (C=O) groups is 2. The number of aliphatic hydroxyl groups is 1. The topological polar surface area (TPSA) is 102 Å². The van der Waals surface area contributed by atoms with Gasteiger partial charge in [-0.05, 0) is 37.3 Å². The molecule has 1 N–H and O–H groups in total. The predicted octanol–water partition coefficient (Wildman–Crippen LogP) is 4.39. The molecule has 2 heterocycles. The molecule has 2 aromatic carbocycles. The Morgan fingerprint density at radius 3 is 2.41 bits per heavy atom. The predicted molar refractivity (Wildman–Crippen MR) is 120 cm³/mol. The van der Waals surface area contributed by atoms with Crippen molar-refractivity contribution in [3.8, 4) is 11.5 Å². The Hall–Kier alpha value is -3.59. The highest BCUT2D eigenvalue weighted by molar-refractivity contribution is 9.10. The van der Waals surface area contributed by atoms with Crippen molar-refractivity contribution in [2.24, 2.45) is 0 Å². The first-order chi connectivity index (χ1) is 15.3. The van der Waals surface area contributed by atoms with E-state index in [-0.39, 0.29) is 17.2 Å². The normalized spacial score (nSPS) is 17.6. The molecule has 0 aliphatic carbocycles. The molecule has 9 heteroatoms. The van der Waals surface area contributed by atoms with Crippen LogP contribution in [0.2, 0.25) is 0 Å². The zero-order valence-electron chi connectivity index (χ0n) is 17.5. The van der Waals surface area contributed by atoms with Crippen molar-refractivity contribution >= 4 is 39.2 Å². The van der Waals surface area contributed by atoms with Crippen LogP contribution in [0, 0.1) is 6.92 Å². The molecular weight excluding hydrogens is 480 g/mol. The molecule has 1 saturated heterocycles. The molecule has 0 radical (unpaired) electrons. The summed E-state index contributed by atoms with van der Waals surface area (Å²) in [5.41, 5.74) is 0.740.